The van der Waals surface area contributed by atoms with Crippen LogP contribution in [0.15, 0.2) is 0 Å². The van der Waals surface area contributed by atoms with Crippen LogP contribution in [0.1, 0.15) is 39.5 Å². The third-order valence-electron chi connectivity index (χ3n) is 3.97. The average molecular weight is 209 g/mol. The predicted octanol–water partition coefficient (Wildman–Crippen LogP) is 1.96. The van der Waals surface area contributed by atoms with Crippen molar-refractivity contribution in [3.05, 3.63) is 0 Å². The highest BCUT2D eigenvalue weighted by Gasteiger charge is 2.53. The van der Waals surface area contributed by atoms with Crippen LogP contribution in [0.3, 0.4) is 0 Å². The molecule has 1 aliphatic heterocycles. The summed E-state index contributed by atoms with van der Waals surface area (Å²) in [4.78, 5) is 13.6. The van der Waals surface area contributed by atoms with Gasteiger partial charge in [0.25, 0.3) is 0 Å². The number of nitrogens with zero attached hydrogens (tertiary/aromatic N) is 1. The van der Waals surface area contributed by atoms with Crippen molar-refractivity contribution in [1.29, 1.82) is 5.41 Å². The molecule has 0 bridgehead atoms. The molecule has 0 aromatic rings. The van der Waals surface area contributed by atoms with E-state index in [0.717, 1.165) is 19.3 Å². The van der Waals surface area contributed by atoms with Gasteiger partial charge in [0, 0.05) is 6.54 Å². The predicted molar refractivity (Wildman–Crippen MR) is 59.0 cm³/mol. The molecule has 2 atom stereocenters. The Kier molecular flexibility index (Phi) is 2.44. The van der Waals surface area contributed by atoms with Gasteiger partial charge in [0.2, 0.25) is 0 Å². The van der Waals surface area contributed by atoms with E-state index in [2.05, 4.69) is 12.2 Å². The number of likely N-dealkylation sites (N-methyl/N-ethyl adjacent to an activating group) is 1. The van der Waals surface area contributed by atoms with E-state index in [1.54, 1.807) is 0 Å². The zero-order valence-corrected chi connectivity index (χ0v) is 9.47. The minimum atomic E-state index is -0.315. The standard InChI is InChI=1S/C11H19N3O/c1-3-14-10(15)13-9(12)11(14)7-5-4-6-8(11)2/h8H,3-7H2,1-2H3,(H2,12,13,15). The Morgan fingerprint density at radius 2 is 2.33 bits per heavy atom. The number of hydrogen-bond donors (Lipinski definition) is 2. The third-order valence-corrected chi connectivity index (χ3v) is 3.97. The Morgan fingerprint density at radius 3 is 2.93 bits per heavy atom. The zero-order valence-electron chi connectivity index (χ0n) is 9.47. The van der Waals surface area contributed by atoms with Crippen molar-refractivity contribution in [2.24, 2.45) is 5.92 Å². The molecule has 0 aromatic carbocycles. The summed E-state index contributed by atoms with van der Waals surface area (Å²) in [6.45, 7) is 4.84. The highest BCUT2D eigenvalue weighted by molar-refractivity contribution is 6.08. The van der Waals surface area contributed by atoms with Gasteiger partial charge in [-0.05, 0) is 25.7 Å². The van der Waals surface area contributed by atoms with Gasteiger partial charge in [-0.25, -0.2) is 4.79 Å². The highest BCUT2D eigenvalue weighted by atomic mass is 16.2. The Balaban J connectivity index is 2.37. The fraction of sp³-hybridized carbons (Fsp3) is 0.818. The van der Waals surface area contributed by atoms with Gasteiger partial charge < -0.3 is 4.90 Å². The van der Waals surface area contributed by atoms with Crippen LogP contribution in [0.4, 0.5) is 4.79 Å². The maximum atomic E-state index is 11.7. The molecular formula is C11H19N3O. The van der Waals surface area contributed by atoms with Gasteiger partial charge in [-0.1, -0.05) is 19.8 Å². The molecular weight excluding hydrogens is 190 g/mol. The molecule has 4 heteroatoms. The monoisotopic (exact) mass is 209 g/mol. The van der Waals surface area contributed by atoms with E-state index in [4.69, 9.17) is 5.41 Å². The normalized spacial score (nSPS) is 36.1. The molecule has 0 aromatic heterocycles. The molecule has 1 spiro atoms. The molecule has 4 nitrogen and oxygen atoms in total. The van der Waals surface area contributed by atoms with E-state index in [-0.39, 0.29) is 11.6 Å². The highest BCUT2D eigenvalue weighted by Crippen LogP contribution is 2.41. The first kappa shape index (κ1) is 10.5. The minimum absolute atomic E-state index is 0.0868. The molecule has 0 radical (unpaired) electrons. The zero-order chi connectivity index (χ0) is 11.1. The lowest BCUT2D eigenvalue weighted by molar-refractivity contribution is 0.109. The van der Waals surface area contributed by atoms with Gasteiger partial charge in [-0.2, -0.15) is 0 Å². The second-order valence-electron chi connectivity index (χ2n) is 4.62. The molecule has 84 valence electrons. The van der Waals surface area contributed by atoms with Gasteiger partial charge in [0.05, 0.1) is 0 Å². The SMILES string of the molecule is CCN1C(=O)NC(=N)C12CCCCC2C. The first-order valence-electron chi connectivity index (χ1n) is 5.80. The van der Waals surface area contributed by atoms with Gasteiger partial charge >= 0.3 is 6.03 Å². The van der Waals surface area contributed by atoms with Crippen molar-refractivity contribution in [3.8, 4) is 0 Å². The molecule has 1 aliphatic carbocycles. The van der Waals surface area contributed by atoms with E-state index in [1.165, 1.54) is 6.42 Å². The lowest BCUT2D eigenvalue weighted by Crippen LogP contribution is -2.55. The number of rotatable bonds is 1. The van der Waals surface area contributed by atoms with E-state index >= 15 is 0 Å². The quantitative estimate of drug-likeness (QED) is 0.681. The summed E-state index contributed by atoms with van der Waals surface area (Å²) in [6, 6.07) is -0.0868. The molecule has 1 heterocycles. The Labute approximate surface area is 90.5 Å². The molecule has 2 rings (SSSR count). The van der Waals surface area contributed by atoms with Crippen molar-refractivity contribution in [2.75, 3.05) is 6.54 Å². The molecule has 2 aliphatic rings. The van der Waals surface area contributed by atoms with E-state index < -0.39 is 0 Å². The molecule has 15 heavy (non-hydrogen) atoms. The van der Waals surface area contributed by atoms with Gasteiger partial charge in [0.15, 0.2) is 0 Å². The Hall–Kier alpha value is -1.06. The number of carbonyl (C=O) groups excluding carboxylic acids is 1. The molecule has 1 saturated carbocycles. The largest absolute Gasteiger partial charge is 0.323 e. The maximum Gasteiger partial charge on any atom is 0.323 e. The number of hydrogen-bond acceptors (Lipinski definition) is 2. The van der Waals surface area contributed by atoms with Crippen LogP contribution in [0.2, 0.25) is 0 Å². The molecule has 1 saturated heterocycles. The van der Waals surface area contributed by atoms with Gasteiger partial charge in [-0.3, -0.25) is 10.7 Å². The first-order valence-corrected chi connectivity index (χ1v) is 5.80. The number of urea groups is 1. The van der Waals surface area contributed by atoms with Crippen LogP contribution in [0, 0.1) is 11.3 Å². The average Bonchev–Trinajstić information content (AvgIpc) is 2.44. The van der Waals surface area contributed by atoms with E-state index in [0.29, 0.717) is 18.3 Å². The summed E-state index contributed by atoms with van der Waals surface area (Å²) in [5, 5.41) is 10.7. The number of nitrogens with one attached hydrogen (secondary N) is 2. The fourth-order valence-electron chi connectivity index (χ4n) is 3.13. The second kappa shape index (κ2) is 3.51. The van der Waals surface area contributed by atoms with Gasteiger partial charge in [-0.15, -0.1) is 0 Å². The smallest absolute Gasteiger partial charge is 0.312 e. The summed E-state index contributed by atoms with van der Waals surface area (Å²) in [5.41, 5.74) is -0.315. The van der Waals surface area contributed by atoms with Crippen LogP contribution in [-0.4, -0.2) is 28.9 Å². The summed E-state index contributed by atoms with van der Waals surface area (Å²) >= 11 is 0. The van der Waals surface area contributed by atoms with Crippen molar-refractivity contribution < 1.29 is 4.79 Å². The summed E-state index contributed by atoms with van der Waals surface area (Å²) in [5.74, 6) is 0.819. The summed E-state index contributed by atoms with van der Waals surface area (Å²) in [6.07, 6.45) is 4.41. The van der Waals surface area contributed by atoms with Crippen LogP contribution in [0.25, 0.3) is 0 Å². The Morgan fingerprint density at radius 1 is 1.60 bits per heavy atom. The van der Waals surface area contributed by atoms with Crippen LogP contribution < -0.4 is 5.32 Å². The van der Waals surface area contributed by atoms with Crippen LogP contribution in [-0.2, 0) is 0 Å². The fourth-order valence-corrected chi connectivity index (χ4v) is 3.13. The van der Waals surface area contributed by atoms with Crippen LogP contribution in [0.5, 0.6) is 0 Å². The topological polar surface area (TPSA) is 56.2 Å². The molecule has 2 N–H and O–H groups in total. The second-order valence-corrected chi connectivity index (χ2v) is 4.62. The number of amides is 2. The maximum absolute atomic E-state index is 11.7. The third kappa shape index (κ3) is 1.27. The van der Waals surface area contributed by atoms with Crippen molar-refractivity contribution in [1.82, 2.24) is 10.2 Å². The van der Waals surface area contributed by atoms with E-state index in [1.807, 2.05) is 11.8 Å². The molecule has 2 fully saturated rings. The molecule has 2 unspecified atom stereocenters. The molecule has 2 amide bonds. The van der Waals surface area contributed by atoms with Crippen molar-refractivity contribution in [3.63, 3.8) is 0 Å². The first-order chi connectivity index (χ1) is 7.13. The number of amidine groups is 1. The van der Waals surface area contributed by atoms with E-state index in [9.17, 15) is 4.79 Å². The van der Waals surface area contributed by atoms with Crippen LogP contribution >= 0.6 is 0 Å². The summed E-state index contributed by atoms with van der Waals surface area (Å²) < 4.78 is 0. The minimum Gasteiger partial charge on any atom is -0.312 e. The lowest BCUT2D eigenvalue weighted by Gasteiger charge is -2.44. The number of carbonyl (C=O) groups is 1. The van der Waals surface area contributed by atoms with Crippen molar-refractivity contribution in [2.45, 2.75) is 45.1 Å². The van der Waals surface area contributed by atoms with Gasteiger partial charge in [0.1, 0.15) is 11.4 Å². The lowest BCUT2D eigenvalue weighted by atomic mass is 9.72. The Bertz CT molecular complexity index is 302. The van der Waals surface area contributed by atoms with Crippen molar-refractivity contribution >= 4 is 11.9 Å². The summed E-state index contributed by atoms with van der Waals surface area (Å²) in [7, 11) is 0.